The second kappa shape index (κ2) is 6.60. The Morgan fingerprint density at radius 1 is 1.07 bits per heavy atom. The predicted octanol–water partition coefficient (Wildman–Crippen LogP) is 3.01. The first-order valence-corrected chi connectivity index (χ1v) is 11.0. The lowest BCUT2D eigenvalue weighted by atomic mass is 9.87. The number of hydrogen-bond donors (Lipinski definition) is 1. The molecule has 0 amide bonds. The molecule has 2 atom stereocenters. The Labute approximate surface area is 161 Å². The van der Waals surface area contributed by atoms with Crippen molar-refractivity contribution in [3.05, 3.63) is 48.3 Å². The van der Waals surface area contributed by atoms with Crippen LogP contribution < -0.4 is 10.2 Å². The molecule has 0 aliphatic carbocycles. The summed E-state index contributed by atoms with van der Waals surface area (Å²) in [6, 6.07) is 9.47. The van der Waals surface area contributed by atoms with Gasteiger partial charge >= 0.3 is 0 Å². The fraction of sp³-hybridized carbons (Fsp3) is 0.476. The summed E-state index contributed by atoms with van der Waals surface area (Å²) >= 11 is 0. The normalized spacial score (nSPS) is 22.9. The smallest absolute Gasteiger partial charge is 0.208 e. The van der Waals surface area contributed by atoms with Gasteiger partial charge in [-0.25, -0.2) is 8.42 Å². The van der Waals surface area contributed by atoms with Crippen LogP contribution in [0, 0.1) is 5.92 Å². The van der Waals surface area contributed by atoms with Gasteiger partial charge in [-0.05, 0) is 41.5 Å². The van der Waals surface area contributed by atoms with E-state index < -0.39 is 9.84 Å². The summed E-state index contributed by atoms with van der Waals surface area (Å²) in [5, 5.41) is 3.53. The summed E-state index contributed by atoms with van der Waals surface area (Å²) in [6.07, 6.45) is 4.43. The second-order valence-electron chi connectivity index (χ2n) is 8.77. The van der Waals surface area contributed by atoms with E-state index in [2.05, 4.69) is 36.0 Å². The third-order valence-electron chi connectivity index (χ3n) is 5.64. The first-order chi connectivity index (χ1) is 12.7. The fourth-order valence-corrected chi connectivity index (χ4v) is 5.28. The van der Waals surface area contributed by atoms with E-state index in [9.17, 15) is 8.42 Å². The molecule has 1 aromatic heterocycles. The zero-order valence-electron chi connectivity index (χ0n) is 16.1. The van der Waals surface area contributed by atoms with Crippen molar-refractivity contribution < 1.29 is 8.42 Å². The number of hydrogen-bond acceptors (Lipinski definition) is 5. The number of fused-ring (bicyclic) bond motifs is 2. The average molecular weight is 386 g/mol. The molecular formula is C21H27N3O2S. The maximum atomic E-state index is 13.1. The number of aromatic nitrogens is 1. The molecule has 2 unspecified atom stereocenters. The first kappa shape index (κ1) is 18.4. The van der Waals surface area contributed by atoms with Gasteiger partial charge in [0.2, 0.25) is 9.84 Å². The molecule has 2 aliphatic heterocycles. The second-order valence-corrected chi connectivity index (χ2v) is 10.7. The van der Waals surface area contributed by atoms with Crippen LogP contribution in [0.2, 0.25) is 0 Å². The van der Waals surface area contributed by atoms with E-state index >= 15 is 0 Å². The highest BCUT2D eigenvalue weighted by Gasteiger charge is 2.33. The maximum Gasteiger partial charge on any atom is 0.208 e. The highest BCUT2D eigenvalue weighted by atomic mass is 32.2. The van der Waals surface area contributed by atoms with Gasteiger partial charge in [-0.1, -0.05) is 32.9 Å². The summed E-state index contributed by atoms with van der Waals surface area (Å²) < 4.78 is 26.2. The number of piperidine rings is 1. The summed E-state index contributed by atoms with van der Waals surface area (Å²) in [6.45, 7) is 9.25. The lowest BCUT2D eigenvalue weighted by molar-refractivity contribution is 0.474. The quantitative estimate of drug-likeness (QED) is 0.880. The lowest BCUT2D eigenvalue weighted by Gasteiger charge is -2.32. The average Bonchev–Trinajstić information content (AvgIpc) is 2.99. The van der Waals surface area contributed by atoms with Gasteiger partial charge in [0.15, 0.2) is 0 Å². The maximum absolute atomic E-state index is 13.1. The number of nitrogens with zero attached hydrogens (tertiary/aromatic N) is 2. The molecule has 3 heterocycles. The van der Waals surface area contributed by atoms with Crippen LogP contribution in [-0.4, -0.2) is 39.1 Å². The van der Waals surface area contributed by atoms with Crippen LogP contribution in [0.1, 0.15) is 32.8 Å². The van der Waals surface area contributed by atoms with E-state index in [0.29, 0.717) is 16.9 Å². The number of sulfone groups is 1. The van der Waals surface area contributed by atoms with Crippen molar-refractivity contribution >= 4 is 15.5 Å². The molecule has 0 radical (unpaired) electrons. The van der Waals surface area contributed by atoms with E-state index in [1.54, 1.807) is 24.4 Å². The largest absolute Gasteiger partial charge is 0.368 e. The molecule has 2 fully saturated rings. The Bertz CT molecular complexity index is 921. The van der Waals surface area contributed by atoms with Crippen molar-refractivity contribution in [3.8, 4) is 0 Å². The van der Waals surface area contributed by atoms with E-state index in [0.717, 1.165) is 30.9 Å². The molecule has 1 aromatic carbocycles. The molecule has 2 aromatic rings. The van der Waals surface area contributed by atoms with Crippen molar-refractivity contribution in [1.82, 2.24) is 10.3 Å². The first-order valence-electron chi connectivity index (χ1n) is 9.52. The molecule has 2 saturated heterocycles. The van der Waals surface area contributed by atoms with Crippen molar-refractivity contribution in [2.45, 2.75) is 48.4 Å². The Morgan fingerprint density at radius 2 is 1.81 bits per heavy atom. The molecule has 0 saturated carbocycles. The highest BCUT2D eigenvalue weighted by Crippen LogP contribution is 2.30. The third-order valence-corrected chi connectivity index (χ3v) is 7.37. The van der Waals surface area contributed by atoms with Gasteiger partial charge in [0.1, 0.15) is 0 Å². The summed E-state index contributed by atoms with van der Waals surface area (Å²) in [4.78, 5) is 7.07. The van der Waals surface area contributed by atoms with Crippen molar-refractivity contribution in [2.24, 2.45) is 5.92 Å². The molecule has 4 rings (SSSR count). The Balaban J connectivity index is 1.62. The molecular weight excluding hydrogens is 358 g/mol. The van der Waals surface area contributed by atoms with Gasteiger partial charge in [-0.3, -0.25) is 4.98 Å². The number of rotatable bonds is 3. The van der Waals surface area contributed by atoms with Crippen LogP contribution in [0.25, 0.3) is 0 Å². The van der Waals surface area contributed by atoms with E-state index in [1.807, 2.05) is 12.1 Å². The molecule has 5 nitrogen and oxygen atoms in total. The third kappa shape index (κ3) is 3.60. The SMILES string of the molecule is CC(C)(C)c1ccc(S(=O)(=O)c2cncc(N3CC4CNC(C4)C3)c2)cc1. The van der Waals surface area contributed by atoms with E-state index in [-0.39, 0.29) is 10.3 Å². The lowest BCUT2D eigenvalue weighted by Crippen LogP contribution is -2.41. The van der Waals surface area contributed by atoms with Crippen molar-refractivity contribution in [3.63, 3.8) is 0 Å². The zero-order valence-corrected chi connectivity index (χ0v) is 17.0. The van der Waals surface area contributed by atoms with E-state index in [1.165, 1.54) is 12.6 Å². The molecule has 27 heavy (non-hydrogen) atoms. The molecule has 1 N–H and O–H groups in total. The summed E-state index contributed by atoms with van der Waals surface area (Å²) in [5.41, 5.74) is 2.00. The van der Waals surface area contributed by atoms with E-state index in [4.69, 9.17) is 0 Å². The van der Waals surface area contributed by atoms with Gasteiger partial charge in [-0.2, -0.15) is 0 Å². The predicted molar refractivity (Wildman–Crippen MR) is 107 cm³/mol. The van der Waals surface area contributed by atoms with Crippen LogP contribution in [0.5, 0.6) is 0 Å². The topological polar surface area (TPSA) is 62.3 Å². The van der Waals surface area contributed by atoms with Crippen LogP contribution in [0.3, 0.4) is 0 Å². The van der Waals surface area contributed by atoms with Crippen LogP contribution in [0.4, 0.5) is 5.69 Å². The van der Waals surface area contributed by atoms with Crippen molar-refractivity contribution in [2.75, 3.05) is 24.5 Å². The van der Waals surface area contributed by atoms with Gasteiger partial charge < -0.3 is 10.2 Å². The number of nitrogens with one attached hydrogen (secondary N) is 1. The molecule has 6 heteroatoms. The Hall–Kier alpha value is -1.92. The Kier molecular flexibility index (Phi) is 4.51. The van der Waals surface area contributed by atoms with Crippen LogP contribution in [0.15, 0.2) is 52.5 Å². The zero-order chi connectivity index (χ0) is 19.2. The fourth-order valence-electron chi connectivity index (χ4n) is 4.04. The molecule has 0 spiro atoms. The van der Waals surface area contributed by atoms with Gasteiger partial charge in [0, 0.05) is 31.9 Å². The Morgan fingerprint density at radius 3 is 2.48 bits per heavy atom. The van der Waals surface area contributed by atoms with Gasteiger partial charge in [-0.15, -0.1) is 0 Å². The minimum Gasteiger partial charge on any atom is -0.368 e. The molecule has 2 aliphatic rings. The molecule has 2 bridgehead atoms. The minimum absolute atomic E-state index is 0.00852. The van der Waals surface area contributed by atoms with Gasteiger partial charge in [0.25, 0.3) is 0 Å². The number of anilines is 1. The monoisotopic (exact) mass is 385 g/mol. The van der Waals surface area contributed by atoms with Crippen LogP contribution in [-0.2, 0) is 15.3 Å². The number of benzene rings is 1. The van der Waals surface area contributed by atoms with Crippen LogP contribution >= 0.6 is 0 Å². The van der Waals surface area contributed by atoms with Crippen molar-refractivity contribution in [1.29, 1.82) is 0 Å². The summed E-state index contributed by atoms with van der Waals surface area (Å²) in [5.74, 6) is 0.633. The standard InChI is InChI=1S/C21H27N3O2S/c1-21(2,3)16-4-6-19(7-5-16)27(25,26)20-9-18(11-22-12-20)24-13-15-8-17(14-24)23-10-15/h4-7,9,11-12,15,17,23H,8,10,13-14H2,1-3H3. The highest BCUT2D eigenvalue weighted by molar-refractivity contribution is 7.91. The number of pyridine rings is 1. The minimum atomic E-state index is -3.58. The summed E-state index contributed by atoms with van der Waals surface area (Å²) in [7, 11) is -3.58. The van der Waals surface area contributed by atoms with Gasteiger partial charge in [0.05, 0.1) is 21.7 Å². The molecule has 144 valence electrons.